The van der Waals surface area contributed by atoms with Gasteiger partial charge < -0.3 is 14.8 Å². The zero-order valence-corrected chi connectivity index (χ0v) is 14.0. The first-order valence-electron chi connectivity index (χ1n) is 7.88. The fraction of sp³-hybridized carbons (Fsp3) is 0.316. The monoisotopic (exact) mass is 329 g/mol. The quantitative estimate of drug-likeness (QED) is 0.934. The standard InChI is InChI=1S/C19H20FNO3/c1-11-8-12(2)18-14(9-11)16(6-7-24-18)21-19(22)15-10-13(20)4-5-17(15)23-3/h4-5,8-10,16H,6-7H2,1-3H3,(H,21,22). The Balaban J connectivity index is 1.91. The molecule has 0 aliphatic carbocycles. The van der Waals surface area contributed by atoms with Crippen LogP contribution in [0.1, 0.15) is 39.5 Å². The highest BCUT2D eigenvalue weighted by Gasteiger charge is 2.26. The minimum Gasteiger partial charge on any atom is -0.496 e. The van der Waals surface area contributed by atoms with Gasteiger partial charge in [-0.1, -0.05) is 17.7 Å². The molecule has 126 valence electrons. The molecule has 3 rings (SSSR count). The lowest BCUT2D eigenvalue weighted by Crippen LogP contribution is -2.32. The normalized spacial score (nSPS) is 16.1. The van der Waals surface area contributed by atoms with E-state index < -0.39 is 5.82 Å². The van der Waals surface area contributed by atoms with E-state index in [1.807, 2.05) is 19.9 Å². The number of aryl methyl sites for hydroxylation is 2. The molecular weight excluding hydrogens is 309 g/mol. The fourth-order valence-corrected chi connectivity index (χ4v) is 3.12. The molecule has 1 N–H and O–H groups in total. The van der Waals surface area contributed by atoms with Gasteiger partial charge in [0.05, 0.1) is 25.3 Å². The minimum atomic E-state index is -0.472. The van der Waals surface area contributed by atoms with Crippen molar-refractivity contribution < 1.29 is 18.7 Å². The highest BCUT2D eigenvalue weighted by molar-refractivity contribution is 5.97. The average molecular weight is 329 g/mol. The number of hydrogen-bond donors (Lipinski definition) is 1. The van der Waals surface area contributed by atoms with Gasteiger partial charge in [0.15, 0.2) is 0 Å². The van der Waals surface area contributed by atoms with Crippen LogP contribution in [0, 0.1) is 19.7 Å². The molecule has 24 heavy (non-hydrogen) atoms. The van der Waals surface area contributed by atoms with Crippen molar-refractivity contribution in [2.45, 2.75) is 26.3 Å². The van der Waals surface area contributed by atoms with Crippen molar-refractivity contribution in [3.63, 3.8) is 0 Å². The smallest absolute Gasteiger partial charge is 0.255 e. The number of benzene rings is 2. The van der Waals surface area contributed by atoms with E-state index >= 15 is 0 Å². The molecule has 2 aromatic carbocycles. The Morgan fingerprint density at radius 2 is 2.08 bits per heavy atom. The summed E-state index contributed by atoms with van der Waals surface area (Å²) in [5.74, 6) is 0.341. The molecular formula is C19H20FNO3. The van der Waals surface area contributed by atoms with Crippen LogP contribution in [0.4, 0.5) is 4.39 Å². The molecule has 0 radical (unpaired) electrons. The molecule has 0 aromatic heterocycles. The van der Waals surface area contributed by atoms with E-state index in [0.717, 1.165) is 22.4 Å². The first kappa shape index (κ1) is 16.3. The van der Waals surface area contributed by atoms with Crippen LogP contribution in [0.5, 0.6) is 11.5 Å². The molecule has 1 unspecified atom stereocenters. The zero-order chi connectivity index (χ0) is 17.3. The Morgan fingerprint density at radius 3 is 2.83 bits per heavy atom. The molecule has 0 bridgehead atoms. The van der Waals surface area contributed by atoms with Gasteiger partial charge in [-0.2, -0.15) is 0 Å². The fourth-order valence-electron chi connectivity index (χ4n) is 3.12. The molecule has 1 amide bonds. The highest BCUT2D eigenvalue weighted by Crippen LogP contribution is 2.36. The second kappa shape index (κ2) is 6.51. The van der Waals surface area contributed by atoms with Gasteiger partial charge in [0.2, 0.25) is 0 Å². The van der Waals surface area contributed by atoms with E-state index in [4.69, 9.17) is 9.47 Å². The van der Waals surface area contributed by atoms with Crippen molar-refractivity contribution >= 4 is 5.91 Å². The lowest BCUT2D eigenvalue weighted by atomic mass is 9.95. The third-order valence-corrected chi connectivity index (χ3v) is 4.19. The Hall–Kier alpha value is -2.56. The summed E-state index contributed by atoms with van der Waals surface area (Å²) in [5, 5.41) is 2.98. The molecule has 1 aliphatic heterocycles. The summed E-state index contributed by atoms with van der Waals surface area (Å²) in [6, 6.07) is 7.82. The van der Waals surface area contributed by atoms with Gasteiger partial charge in [-0.15, -0.1) is 0 Å². The van der Waals surface area contributed by atoms with Gasteiger partial charge in [0, 0.05) is 12.0 Å². The summed E-state index contributed by atoms with van der Waals surface area (Å²) in [6.45, 7) is 4.53. The summed E-state index contributed by atoms with van der Waals surface area (Å²) in [6.07, 6.45) is 0.666. The maximum atomic E-state index is 13.5. The molecule has 4 nitrogen and oxygen atoms in total. The van der Waals surface area contributed by atoms with Crippen LogP contribution < -0.4 is 14.8 Å². The van der Waals surface area contributed by atoms with Crippen molar-refractivity contribution in [3.05, 3.63) is 58.4 Å². The number of nitrogens with one attached hydrogen (secondary N) is 1. The molecule has 0 spiro atoms. The summed E-state index contributed by atoms with van der Waals surface area (Å²) >= 11 is 0. The molecule has 1 heterocycles. The Kier molecular flexibility index (Phi) is 4.42. The molecule has 1 aliphatic rings. The number of halogens is 1. The number of amides is 1. The van der Waals surface area contributed by atoms with Gasteiger partial charge in [-0.25, -0.2) is 4.39 Å². The highest BCUT2D eigenvalue weighted by atomic mass is 19.1. The van der Waals surface area contributed by atoms with Crippen molar-refractivity contribution in [2.75, 3.05) is 13.7 Å². The number of methoxy groups -OCH3 is 1. The summed E-state index contributed by atoms with van der Waals surface area (Å²) in [4.78, 5) is 12.6. The Labute approximate surface area is 140 Å². The van der Waals surface area contributed by atoms with Crippen LogP contribution in [0.2, 0.25) is 0 Å². The second-order valence-corrected chi connectivity index (χ2v) is 6.01. The third kappa shape index (κ3) is 3.07. The third-order valence-electron chi connectivity index (χ3n) is 4.19. The van der Waals surface area contributed by atoms with Crippen molar-refractivity contribution in [1.29, 1.82) is 0 Å². The van der Waals surface area contributed by atoms with Gasteiger partial charge in [-0.05, 0) is 37.6 Å². The van der Waals surface area contributed by atoms with Crippen LogP contribution in [0.15, 0.2) is 30.3 Å². The molecule has 0 fully saturated rings. The van der Waals surface area contributed by atoms with E-state index in [9.17, 15) is 9.18 Å². The number of carbonyl (C=O) groups excluding carboxylic acids is 1. The van der Waals surface area contributed by atoms with E-state index in [-0.39, 0.29) is 17.5 Å². The number of carbonyl (C=O) groups is 1. The minimum absolute atomic E-state index is 0.173. The predicted octanol–water partition coefficient (Wildman–Crippen LogP) is 3.70. The van der Waals surface area contributed by atoms with Gasteiger partial charge in [-0.3, -0.25) is 4.79 Å². The largest absolute Gasteiger partial charge is 0.496 e. The number of hydrogen-bond acceptors (Lipinski definition) is 3. The van der Waals surface area contributed by atoms with Crippen LogP contribution in [-0.4, -0.2) is 19.6 Å². The summed E-state index contributed by atoms with van der Waals surface area (Å²) < 4.78 is 24.4. The lowest BCUT2D eigenvalue weighted by molar-refractivity contribution is 0.0921. The first-order valence-corrected chi connectivity index (χ1v) is 7.88. The topological polar surface area (TPSA) is 47.6 Å². The predicted molar refractivity (Wildman–Crippen MR) is 89.2 cm³/mol. The lowest BCUT2D eigenvalue weighted by Gasteiger charge is -2.28. The molecule has 0 saturated heterocycles. The summed E-state index contributed by atoms with van der Waals surface area (Å²) in [7, 11) is 1.46. The van der Waals surface area contributed by atoms with Crippen molar-refractivity contribution in [1.82, 2.24) is 5.32 Å². The van der Waals surface area contributed by atoms with Crippen LogP contribution in [-0.2, 0) is 0 Å². The molecule has 2 aromatic rings. The van der Waals surface area contributed by atoms with Crippen molar-refractivity contribution in [3.8, 4) is 11.5 Å². The maximum Gasteiger partial charge on any atom is 0.255 e. The second-order valence-electron chi connectivity index (χ2n) is 6.01. The van der Waals surface area contributed by atoms with E-state index in [1.165, 1.54) is 25.3 Å². The molecule has 0 saturated carbocycles. The van der Waals surface area contributed by atoms with Crippen molar-refractivity contribution in [2.24, 2.45) is 0 Å². The average Bonchev–Trinajstić information content (AvgIpc) is 2.55. The van der Waals surface area contributed by atoms with Crippen LogP contribution in [0.25, 0.3) is 0 Å². The Morgan fingerprint density at radius 1 is 1.29 bits per heavy atom. The van der Waals surface area contributed by atoms with Gasteiger partial charge >= 0.3 is 0 Å². The molecule has 1 atom stereocenters. The van der Waals surface area contributed by atoms with Gasteiger partial charge in [0.1, 0.15) is 17.3 Å². The number of rotatable bonds is 3. The summed E-state index contributed by atoms with van der Waals surface area (Å²) in [5.41, 5.74) is 3.31. The number of fused-ring (bicyclic) bond motifs is 1. The van der Waals surface area contributed by atoms with E-state index in [0.29, 0.717) is 18.8 Å². The van der Waals surface area contributed by atoms with E-state index in [2.05, 4.69) is 11.4 Å². The van der Waals surface area contributed by atoms with E-state index in [1.54, 1.807) is 0 Å². The van der Waals surface area contributed by atoms with Crippen LogP contribution in [0.3, 0.4) is 0 Å². The Bertz CT molecular complexity index is 788. The zero-order valence-electron chi connectivity index (χ0n) is 14.0. The SMILES string of the molecule is COc1ccc(F)cc1C(=O)NC1CCOc2c(C)cc(C)cc21. The number of ether oxygens (including phenoxy) is 2. The molecule has 5 heteroatoms. The first-order chi connectivity index (χ1) is 11.5. The maximum absolute atomic E-state index is 13.5. The van der Waals surface area contributed by atoms with Gasteiger partial charge in [0.25, 0.3) is 5.91 Å². The van der Waals surface area contributed by atoms with Crippen LogP contribution >= 0.6 is 0 Å².